The number of aromatic nitrogens is 3. The van der Waals surface area contributed by atoms with Gasteiger partial charge in [0.2, 0.25) is 0 Å². The summed E-state index contributed by atoms with van der Waals surface area (Å²) in [7, 11) is 0. The van der Waals surface area contributed by atoms with E-state index in [1.54, 1.807) is 11.3 Å². The number of fused-ring (bicyclic) bond motifs is 6. The SMILES string of the molecule is c1ccc(-c2cccc(-c3nc(-c4ccccc4)nc4c3sc3c(-c5cccc(-c6ccc7c8ccccc8n(-c8ccccc8)c7c6)c5)cccc34)c2)cc1. The summed E-state index contributed by atoms with van der Waals surface area (Å²) in [6.07, 6.45) is 0. The zero-order valence-corrected chi connectivity index (χ0v) is 31.1. The van der Waals surface area contributed by atoms with Gasteiger partial charge in [-0.05, 0) is 69.8 Å². The largest absolute Gasteiger partial charge is 0.309 e. The van der Waals surface area contributed by atoms with Crippen LogP contribution >= 0.6 is 11.3 Å². The maximum atomic E-state index is 5.29. The van der Waals surface area contributed by atoms with E-state index < -0.39 is 0 Å². The molecule has 0 aliphatic carbocycles. The second-order valence-electron chi connectivity index (χ2n) is 14.2. The predicted octanol–water partition coefficient (Wildman–Crippen LogP) is 14.3. The summed E-state index contributed by atoms with van der Waals surface area (Å²) >= 11 is 1.79. The van der Waals surface area contributed by atoms with Gasteiger partial charge in [0.1, 0.15) is 0 Å². The van der Waals surface area contributed by atoms with Gasteiger partial charge in [-0.1, -0.05) is 164 Å². The summed E-state index contributed by atoms with van der Waals surface area (Å²) in [5.41, 5.74) is 14.7. The Bertz CT molecular complexity index is 3240. The van der Waals surface area contributed by atoms with Crippen molar-refractivity contribution in [2.45, 2.75) is 0 Å². The fourth-order valence-electron chi connectivity index (χ4n) is 8.15. The molecule has 0 saturated carbocycles. The van der Waals surface area contributed by atoms with E-state index in [-0.39, 0.29) is 0 Å². The van der Waals surface area contributed by atoms with Crippen molar-refractivity contribution in [3.05, 3.63) is 200 Å². The van der Waals surface area contributed by atoms with Crippen LogP contribution in [0.25, 0.3) is 104 Å². The van der Waals surface area contributed by atoms with Gasteiger partial charge in [0.25, 0.3) is 0 Å². The van der Waals surface area contributed by atoms with E-state index in [0.29, 0.717) is 0 Å². The molecule has 0 bridgehead atoms. The molecule has 262 valence electrons. The Morgan fingerprint density at radius 2 is 0.929 bits per heavy atom. The second kappa shape index (κ2) is 13.3. The molecule has 0 atom stereocenters. The van der Waals surface area contributed by atoms with Crippen molar-refractivity contribution in [3.63, 3.8) is 0 Å². The van der Waals surface area contributed by atoms with Crippen LogP contribution in [0, 0.1) is 0 Å². The Labute approximate surface area is 328 Å². The molecule has 0 fully saturated rings. The van der Waals surface area contributed by atoms with Crippen molar-refractivity contribution < 1.29 is 0 Å². The highest BCUT2D eigenvalue weighted by Crippen LogP contribution is 2.44. The van der Waals surface area contributed by atoms with Gasteiger partial charge in [0.05, 0.1) is 26.9 Å². The molecule has 0 unspecified atom stereocenters. The first kappa shape index (κ1) is 32.3. The highest BCUT2D eigenvalue weighted by atomic mass is 32.1. The average molecular weight is 732 g/mol. The first-order valence-electron chi connectivity index (χ1n) is 18.9. The smallest absolute Gasteiger partial charge is 0.160 e. The van der Waals surface area contributed by atoms with E-state index in [1.165, 1.54) is 54.3 Å². The summed E-state index contributed by atoms with van der Waals surface area (Å²) in [5, 5.41) is 3.65. The maximum absolute atomic E-state index is 5.29. The summed E-state index contributed by atoms with van der Waals surface area (Å²) in [6.45, 7) is 0. The molecule has 0 spiro atoms. The number of para-hydroxylation sites is 2. The van der Waals surface area contributed by atoms with E-state index in [1.807, 2.05) is 6.07 Å². The van der Waals surface area contributed by atoms with Gasteiger partial charge >= 0.3 is 0 Å². The molecule has 0 aliphatic rings. The van der Waals surface area contributed by atoms with Crippen LogP contribution in [0.2, 0.25) is 0 Å². The molecule has 4 heteroatoms. The van der Waals surface area contributed by atoms with Crippen LogP contribution in [0.3, 0.4) is 0 Å². The maximum Gasteiger partial charge on any atom is 0.160 e. The molecule has 3 nitrogen and oxygen atoms in total. The van der Waals surface area contributed by atoms with Gasteiger partial charge in [0, 0.05) is 37.7 Å². The van der Waals surface area contributed by atoms with E-state index in [9.17, 15) is 0 Å². The fraction of sp³-hybridized carbons (Fsp3) is 0. The van der Waals surface area contributed by atoms with Crippen molar-refractivity contribution in [2.75, 3.05) is 0 Å². The lowest BCUT2D eigenvalue weighted by atomic mass is 9.97. The van der Waals surface area contributed by atoms with Crippen LogP contribution in [0.1, 0.15) is 0 Å². The minimum Gasteiger partial charge on any atom is -0.309 e. The van der Waals surface area contributed by atoms with E-state index in [4.69, 9.17) is 9.97 Å². The summed E-state index contributed by atoms with van der Waals surface area (Å²) in [6, 6.07) is 71.4. The molecule has 8 aromatic carbocycles. The van der Waals surface area contributed by atoms with Crippen molar-refractivity contribution in [1.82, 2.24) is 14.5 Å². The number of nitrogens with zero attached hydrogens (tertiary/aromatic N) is 3. The van der Waals surface area contributed by atoms with Crippen molar-refractivity contribution in [1.29, 1.82) is 0 Å². The topological polar surface area (TPSA) is 30.7 Å². The fourth-order valence-corrected chi connectivity index (χ4v) is 9.44. The second-order valence-corrected chi connectivity index (χ2v) is 15.2. The number of hydrogen-bond acceptors (Lipinski definition) is 3. The van der Waals surface area contributed by atoms with Crippen LogP contribution in [0.4, 0.5) is 0 Å². The van der Waals surface area contributed by atoms with E-state index >= 15 is 0 Å². The third-order valence-electron chi connectivity index (χ3n) is 10.8. The average Bonchev–Trinajstić information content (AvgIpc) is 3.83. The first-order valence-corrected chi connectivity index (χ1v) is 19.7. The van der Waals surface area contributed by atoms with Crippen LogP contribution in [0.5, 0.6) is 0 Å². The molecule has 3 aromatic heterocycles. The highest BCUT2D eigenvalue weighted by Gasteiger charge is 2.20. The third kappa shape index (κ3) is 5.42. The lowest BCUT2D eigenvalue weighted by molar-refractivity contribution is 1.18. The van der Waals surface area contributed by atoms with Gasteiger partial charge in [-0.25, -0.2) is 9.97 Å². The summed E-state index contributed by atoms with van der Waals surface area (Å²) in [5.74, 6) is 0.730. The normalized spacial score (nSPS) is 11.6. The van der Waals surface area contributed by atoms with Gasteiger partial charge in [-0.2, -0.15) is 0 Å². The van der Waals surface area contributed by atoms with E-state index in [2.05, 4.69) is 199 Å². The summed E-state index contributed by atoms with van der Waals surface area (Å²) < 4.78 is 4.68. The van der Waals surface area contributed by atoms with Gasteiger partial charge in [-0.3, -0.25) is 0 Å². The number of benzene rings is 8. The summed E-state index contributed by atoms with van der Waals surface area (Å²) in [4.78, 5) is 10.6. The van der Waals surface area contributed by atoms with Gasteiger partial charge in [0.15, 0.2) is 5.82 Å². The van der Waals surface area contributed by atoms with E-state index in [0.717, 1.165) is 49.5 Å². The molecule has 11 aromatic rings. The highest BCUT2D eigenvalue weighted by molar-refractivity contribution is 7.26. The Kier molecular flexibility index (Phi) is 7.68. The van der Waals surface area contributed by atoms with Crippen LogP contribution in [-0.2, 0) is 0 Å². The molecule has 3 heterocycles. The molecular weight excluding hydrogens is 699 g/mol. The zero-order chi connectivity index (χ0) is 37.0. The lowest BCUT2D eigenvalue weighted by Gasteiger charge is -2.10. The number of hydrogen-bond donors (Lipinski definition) is 0. The third-order valence-corrected chi connectivity index (χ3v) is 12.0. The molecular formula is C52H33N3S. The standard InChI is InChI=1S/C52H33N3S/c1-4-15-34(16-5-1)36-19-13-22-40(32-36)48-51-49(54-52(53-48)35-17-6-2-7-18-35)45-27-14-26-42(50(45)56-51)39-21-12-20-37(31-39)38-29-30-44-43-25-10-11-28-46(43)55(47(44)33-38)41-23-8-3-9-24-41/h1-33H. The zero-order valence-electron chi connectivity index (χ0n) is 30.3. The quantitative estimate of drug-likeness (QED) is 0.170. The first-order chi connectivity index (χ1) is 27.8. The van der Waals surface area contributed by atoms with Crippen LogP contribution < -0.4 is 0 Å². The van der Waals surface area contributed by atoms with Crippen molar-refractivity contribution >= 4 is 53.4 Å². The molecule has 0 radical (unpaired) electrons. The molecule has 0 aliphatic heterocycles. The predicted molar refractivity (Wildman–Crippen MR) is 236 cm³/mol. The Hall–Kier alpha value is -7.14. The molecule has 0 saturated heterocycles. The van der Waals surface area contributed by atoms with Crippen LogP contribution in [0.15, 0.2) is 200 Å². The lowest BCUT2D eigenvalue weighted by Crippen LogP contribution is -1.93. The molecule has 0 N–H and O–H groups in total. The number of thiophene rings is 1. The number of rotatable bonds is 6. The Morgan fingerprint density at radius 1 is 0.357 bits per heavy atom. The van der Waals surface area contributed by atoms with Crippen molar-refractivity contribution in [3.8, 4) is 61.7 Å². The van der Waals surface area contributed by atoms with Crippen molar-refractivity contribution in [2.24, 2.45) is 0 Å². The molecule has 56 heavy (non-hydrogen) atoms. The molecule has 11 rings (SSSR count). The van der Waals surface area contributed by atoms with Gasteiger partial charge < -0.3 is 4.57 Å². The minimum atomic E-state index is 0.730. The van der Waals surface area contributed by atoms with Crippen LogP contribution in [-0.4, -0.2) is 14.5 Å². The Morgan fingerprint density at radius 3 is 1.73 bits per heavy atom. The van der Waals surface area contributed by atoms with Gasteiger partial charge in [-0.15, -0.1) is 11.3 Å². The Balaban J connectivity index is 1.08. The molecule has 0 amide bonds. The minimum absolute atomic E-state index is 0.730. The monoisotopic (exact) mass is 731 g/mol.